The summed E-state index contributed by atoms with van der Waals surface area (Å²) in [6.45, 7) is 2.15. The summed E-state index contributed by atoms with van der Waals surface area (Å²) in [5.41, 5.74) is 6.67. The largest absolute Gasteiger partial charge is 0.490 e. The van der Waals surface area contributed by atoms with Crippen LogP contribution in [0.5, 0.6) is 5.75 Å². The topological polar surface area (TPSA) is 77.2 Å². The molecular weight excluding hydrogens is 333 g/mol. The molecule has 0 saturated carbocycles. The van der Waals surface area contributed by atoms with Gasteiger partial charge in [-0.25, -0.2) is 9.37 Å². The average Bonchev–Trinajstić information content (AvgIpc) is 2.60. The molecule has 0 aliphatic rings. The van der Waals surface area contributed by atoms with E-state index in [9.17, 15) is 9.18 Å². The third-order valence-electron chi connectivity index (χ3n) is 3.74. The molecule has 0 unspecified atom stereocenters. The highest BCUT2D eigenvalue weighted by Crippen LogP contribution is 2.25. The van der Waals surface area contributed by atoms with E-state index in [2.05, 4.69) is 16.2 Å². The van der Waals surface area contributed by atoms with Crippen molar-refractivity contribution in [2.75, 3.05) is 17.7 Å². The average molecular weight is 355 g/mol. The molecule has 1 heterocycles. The van der Waals surface area contributed by atoms with Crippen molar-refractivity contribution in [2.45, 2.75) is 32.6 Å². The van der Waals surface area contributed by atoms with Crippen LogP contribution in [0.4, 0.5) is 15.9 Å². The van der Waals surface area contributed by atoms with Crippen molar-refractivity contribution in [2.24, 2.45) is 0 Å². The number of halogens is 1. The lowest BCUT2D eigenvalue weighted by Gasteiger charge is -2.12. The van der Waals surface area contributed by atoms with E-state index < -0.39 is 11.7 Å². The van der Waals surface area contributed by atoms with Gasteiger partial charge in [0, 0.05) is 12.1 Å². The van der Waals surface area contributed by atoms with Crippen LogP contribution in [0, 0.1) is 25.1 Å². The van der Waals surface area contributed by atoms with Crippen LogP contribution in [0.1, 0.15) is 41.7 Å². The number of nitrogens with two attached hydrogens (primary N) is 1. The first-order valence-electron chi connectivity index (χ1n) is 8.42. The van der Waals surface area contributed by atoms with Crippen LogP contribution in [0.2, 0.25) is 0 Å². The monoisotopic (exact) mass is 355 g/mol. The molecule has 0 radical (unpaired) electrons. The molecule has 26 heavy (non-hydrogen) atoms. The van der Waals surface area contributed by atoms with Gasteiger partial charge >= 0.3 is 0 Å². The number of aryl methyl sites for hydroxylation is 1. The van der Waals surface area contributed by atoms with Crippen molar-refractivity contribution in [3.05, 3.63) is 47.4 Å². The lowest BCUT2D eigenvalue weighted by atomic mass is 10.2. The number of amides is 1. The summed E-state index contributed by atoms with van der Waals surface area (Å²) in [6, 6.07) is 7.82. The van der Waals surface area contributed by atoms with Crippen LogP contribution >= 0.6 is 0 Å². The molecule has 0 bridgehead atoms. The fraction of sp³-hybridized carbons (Fsp3) is 0.300. The van der Waals surface area contributed by atoms with Crippen molar-refractivity contribution in [1.29, 1.82) is 0 Å². The van der Waals surface area contributed by atoms with Crippen molar-refractivity contribution < 1.29 is 13.9 Å². The maximum absolute atomic E-state index is 14.5. The Bertz CT molecular complexity index is 815. The Balaban J connectivity index is 1.99. The first-order chi connectivity index (χ1) is 12.5. The van der Waals surface area contributed by atoms with E-state index in [0.717, 1.165) is 25.7 Å². The van der Waals surface area contributed by atoms with E-state index in [1.807, 2.05) is 0 Å². The molecule has 3 N–H and O–H groups in total. The van der Waals surface area contributed by atoms with Gasteiger partial charge in [0.1, 0.15) is 5.82 Å². The molecule has 1 amide bonds. The van der Waals surface area contributed by atoms with Gasteiger partial charge in [-0.3, -0.25) is 4.79 Å². The summed E-state index contributed by atoms with van der Waals surface area (Å²) in [5, 5.41) is 2.51. The highest BCUT2D eigenvalue weighted by atomic mass is 19.1. The second-order valence-corrected chi connectivity index (χ2v) is 5.82. The molecule has 1 aromatic carbocycles. The number of aromatic nitrogens is 1. The van der Waals surface area contributed by atoms with Crippen LogP contribution < -0.4 is 15.8 Å². The Labute approximate surface area is 152 Å². The number of benzene rings is 1. The van der Waals surface area contributed by atoms with Crippen molar-refractivity contribution in [1.82, 2.24) is 4.98 Å². The lowest BCUT2D eigenvalue weighted by Crippen LogP contribution is -2.16. The van der Waals surface area contributed by atoms with E-state index in [-0.39, 0.29) is 22.8 Å². The number of nitrogens with one attached hydrogen (secondary N) is 1. The Morgan fingerprint density at radius 3 is 2.85 bits per heavy atom. The van der Waals surface area contributed by atoms with Gasteiger partial charge in [0.05, 0.1) is 17.9 Å². The molecular formula is C20H22FN3O2. The molecule has 0 atom stereocenters. The summed E-state index contributed by atoms with van der Waals surface area (Å²) in [6.07, 6.45) is 8.54. The molecule has 5 nitrogen and oxygen atoms in total. The Hall–Kier alpha value is -3.07. The number of unbranched alkanes of at least 4 members (excludes halogenated alkanes) is 3. The zero-order valence-electron chi connectivity index (χ0n) is 14.7. The second-order valence-electron chi connectivity index (χ2n) is 5.82. The third kappa shape index (κ3) is 5.21. The summed E-state index contributed by atoms with van der Waals surface area (Å²) in [4.78, 5) is 16.3. The summed E-state index contributed by atoms with van der Waals surface area (Å²) in [7, 11) is 0. The number of nitrogens with zero attached hydrogens (tertiary/aromatic N) is 1. The second kappa shape index (κ2) is 9.42. The van der Waals surface area contributed by atoms with Gasteiger partial charge in [-0.2, -0.15) is 0 Å². The first-order valence-corrected chi connectivity index (χ1v) is 8.42. The van der Waals surface area contributed by atoms with Gasteiger partial charge in [-0.1, -0.05) is 6.07 Å². The van der Waals surface area contributed by atoms with Crippen LogP contribution in [-0.4, -0.2) is 17.5 Å². The number of pyridine rings is 1. The number of hydrogen-bond donors (Lipinski definition) is 2. The zero-order valence-corrected chi connectivity index (χ0v) is 14.7. The number of carbonyl (C=O) groups excluding carboxylic acids is 1. The number of rotatable bonds is 8. The van der Waals surface area contributed by atoms with E-state index in [4.69, 9.17) is 16.9 Å². The molecule has 6 heteroatoms. The minimum atomic E-state index is -0.622. The summed E-state index contributed by atoms with van der Waals surface area (Å²) in [5.74, 6) is 1.62. The van der Waals surface area contributed by atoms with E-state index >= 15 is 0 Å². The minimum Gasteiger partial charge on any atom is -0.490 e. The first kappa shape index (κ1) is 19.3. The number of carbonyl (C=O) groups is 1. The van der Waals surface area contributed by atoms with Gasteiger partial charge in [0.25, 0.3) is 5.91 Å². The minimum absolute atomic E-state index is 0.0276. The van der Waals surface area contributed by atoms with Crippen LogP contribution in [-0.2, 0) is 0 Å². The molecule has 1 aromatic heterocycles. The molecule has 0 fully saturated rings. The van der Waals surface area contributed by atoms with Gasteiger partial charge < -0.3 is 15.8 Å². The van der Waals surface area contributed by atoms with Gasteiger partial charge in [0.2, 0.25) is 0 Å². The predicted octanol–water partition coefficient (Wildman–Crippen LogP) is 3.94. The normalized spacial score (nSPS) is 10.2. The van der Waals surface area contributed by atoms with E-state index in [1.165, 1.54) is 12.1 Å². The lowest BCUT2D eigenvalue weighted by molar-refractivity contribution is 0.102. The SMILES string of the molecule is C#CCCCCCOc1cccc(NC(=O)c2ccc(C)nc2N)c1F. The number of nitrogen functional groups attached to an aromatic ring is 1. The van der Waals surface area contributed by atoms with Crippen molar-refractivity contribution in [3.63, 3.8) is 0 Å². The quantitative estimate of drug-likeness (QED) is 0.555. The third-order valence-corrected chi connectivity index (χ3v) is 3.74. The number of anilines is 2. The Morgan fingerprint density at radius 2 is 2.12 bits per heavy atom. The fourth-order valence-electron chi connectivity index (χ4n) is 2.37. The smallest absolute Gasteiger partial charge is 0.259 e. The number of hydrogen-bond acceptors (Lipinski definition) is 4. The molecule has 0 aliphatic carbocycles. The zero-order chi connectivity index (χ0) is 18.9. The number of terminal acetylenes is 1. The van der Waals surface area contributed by atoms with Crippen LogP contribution in [0.15, 0.2) is 30.3 Å². The molecule has 0 aliphatic heterocycles. The molecule has 0 saturated heterocycles. The maximum atomic E-state index is 14.5. The predicted molar refractivity (Wildman–Crippen MR) is 101 cm³/mol. The maximum Gasteiger partial charge on any atom is 0.259 e. The highest BCUT2D eigenvalue weighted by Gasteiger charge is 2.15. The molecule has 136 valence electrons. The Kier molecular flexibility index (Phi) is 6.98. The molecule has 2 aromatic rings. The molecule has 2 rings (SSSR count). The van der Waals surface area contributed by atoms with Crippen molar-refractivity contribution >= 4 is 17.4 Å². The van der Waals surface area contributed by atoms with Gasteiger partial charge in [-0.15, -0.1) is 12.3 Å². The van der Waals surface area contributed by atoms with E-state index in [0.29, 0.717) is 12.3 Å². The number of ether oxygens (including phenoxy) is 1. The van der Waals surface area contributed by atoms with E-state index in [1.54, 1.807) is 25.1 Å². The van der Waals surface area contributed by atoms with Crippen molar-refractivity contribution in [3.8, 4) is 18.1 Å². The molecule has 0 spiro atoms. The van der Waals surface area contributed by atoms with Gasteiger partial charge in [-0.05, 0) is 50.5 Å². The highest BCUT2D eigenvalue weighted by molar-refractivity contribution is 6.07. The summed E-state index contributed by atoms with van der Waals surface area (Å²) >= 11 is 0. The van der Waals surface area contributed by atoms with Gasteiger partial charge in [0.15, 0.2) is 11.6 Å². The van der Waals surface area contributed by atoms with Crippen LogP contribution in [0.25, 0.3) is 0 Å². The summed E-state index contributed by atoms with van der Waals surface area (Å²) < 4.78 is 20.0. The standard InChI is InChI=1S/C20H22FN3O2/c1-3-4-5-6-7-13-26-17-10-8-9-16(18(17)21)24-20(25)15-12-11-14(2)23-19(15)22/h1,8-12H,4-7,13H2,2H3,(H2,22,23)(H,24,25). The van der Waals surface area contributed by atoms with Crippen LogP contribution in [0.3, 0.4) is 0 Å². The Morgan fingerprint density at radius 1 is 1.31 bits per heavy atom. The fourth-order valence-corrected chi connectivity index (χ4v) is 2.37.